The van der Waals surface area contributed by atoms with Gasteiger partial charge < -0.3 is 5.11 Å². The highest BCUT2D eigenvalue weighted by molar-refractivity contribution is 5.11. The van der Waals surface area contributed by atoms with Crippen LogP contribution in [0.25, 0.3) is 0 Å². The molecule has 8 heavy (non-hydrogen) atoms. The van der Waals surface area contributed by atoms with Gasteiger partial charge in [0.05, 0.1) is 0 Å². The molecule has 2 fully saturated rings. The first kappa shape index (κ1) is 4.80. The first-order chi connectivity index (χ1) is 3.87. The molecule has 0 aromatic carbocycles. The predicted octanol–water partition coefficient (Wildman–Crippen LogP) is 1.17. The van der Waals surface area contributed by atoms with Crippen LogP contribution in [0.3, 0.4) is 0 Å². The highest BCUT2D eigenvalue weighted by Crippen LogP contribution is 2.71. The van der Waals surface area contributed by atoms with Gasteiger partial charge in [-0.1, -0.05) is 0 Å². The van der Waals surface area contributed by atoms with Crippen molar-refractivity contribution in [3.8, 4) is 0 Å². The van der Waals surface area contributed by atoms with Crippen LogP contribution < -0.4 is 0 Å². The normalized spacial score (nSPS) is 37.9. The van der Waals surface area contributed by atoms with Crippen molar-refractivity contribution in [2.45, 2.75) is 25.7 Å². The second kappa shape index (κ2) is 1.27. The maximum absolute atomic E-state index is 8.54. The molecule has 2 aliphatic carbocycles. The maximum Gasteiger partial charge on any atom is 0.0433 e. The topological polar surface area (TPSA) is 20.2 Å². The van der Waals surface area contributed by atoms with Crippen LogP contribution in [0.5, 0.6) is 0 Å². The molecule has 0 aromatic heterocycles. The van der Waals surface area contributed by atoms with Crippen molar-refractivity contribution in [1.82, 2.24) is 0 Å². The summed E-state index contributed by atoms with van der Waals surface area (Å²) in [7, 11) is 0. The van der Waals surface area contributed by atoms with Crippen LogP contribution in [0.15, 0.2) is 0 Å². The van der Waals surface area contributed by atoms with Crippen molar-refractivity contribution in [3.63, 3.8) is 0 Å². The van der Waals surface area contributed by atoms with Crippen LogP contribution in [0, 0.1) is 11.3 Å². The van der Waals surface area contributed by atoms with Gasteiger partial charge in [0.1, 0.15) is 0 Å². The summed E-state index contributed by atoms with van der Waals surface area (Å²) in [6.07, 6.45) is 5.41. The van der Waals surface area contributed by atoms with Crippen LogP contribution in [0.2, 0.25) is 0 Å². The number of aliphatic hydroxyl groups is 1. The molecule has 0 amide bonds. The van der Waals surface area contributed by atoms with Crippen molar-refractivity contribution >= 4 is 0 Å². The smallest absolute Gasteiger partial charge is 0.0433 e. The van der Waals surface area contributed by atoms with E-state index in [1.807, 2.05) is 0 Å². The second-order valence-corrected chi connectivity index (χ2v) is 3.28. The third-order valence-electron chi connectivity index (χ3n) is 2.73. The summed E-state index contributed by atoms with van der Waals surface area (Å²) in [6, 6.07) is 0. The molecule has 0 aliphatic heterocycles. The van der Waals surface area contributed by atoms with Gasteiger partial charge in [-0.05, 0) is 37.0 Å². The van der Waals surface area contributed by atoms with Gasteiger partial charge >= 0.3 is 0 Å². The molecule has 1 spiro atoms. The molecule has 0 heterocycles. The molecule has 1 N–H and O–H groups in total. The zero-order valence-electron chi connectivity index (χ0n) is 5.06. The Morgan fingerprint density at radius 2 is 2.25 bits per heavy atom. The van der Waals surface area contributed by atoms with Gasteiger partial charge in [0.2, 0.25) is 0 Å². The number of aliphatic hydroxyl groups excluding tert-OH is 1. The Balaban J connectivity index is 1.80. The Bertz CT molecular complexity index is 105. The minimum atomic E-state index is 0.409. The number of hydrogen-bond acceptors (Lipinski definition) is 1. The average molecular weight is 112 g/mol. The van der Waals surface area contributed by atoms with E-state index in [-0.39, 0.29) is 0 Å². The Hall–Kier alpha value is -0.0400. The molecule has 46 valence electrons. The molecular weight excluding hydrogens is 100 g/mol. The van der Waals surface area contributed by atoms with Crippen molar-refractivity contribution in [2.75, 3.05) is 6.61 Å². The van der Waals surface area contributed by atoms with Gasteiger partial charge in [0.15, 0.2) is 0 Å². The largest absolute Gasteiger partial charge is 0.396 e. The van der Waals surface area contributed by atoms with E-state index in [9.17, 15) is 0 Å². The molecule has 2 rings (SSSR count). The summed E-state index contributed by atoms with van der Waals surface area (Å²) in [6.45, 7) is 0.409. The first-order valence-corrected chi connectivity index (χ1v) is 3.48. The van der Waals surface area contributed by atoms with E-state index in [2.05, 4.69) is 0 Å². The zero-order chi connectivity index (χ0) is 5.61. The minimum Gasteiger partial charge on any atom is -0.396 e. The summed E-state index contributed by atoms with van der Waals surface area (Å²) in [5, 5.41) is 8.54. The monoisotopic (exact) mass is 112 g/mol. The molecule has 0 saturated heterocycles. The van der Waals surface area contributed by atoms with Gasteiger partial charge in [0, 0.05) is 6.61 Å². The van der Waals surface area contributed by atoms with E-state index in [4.69, 9.17) is 5.11 Å². The molecule has 0 unspecified atom stereocenters. The summed E-state index contributed by atoms with van der Waals surface area (Å²) < 4.78 is 0. The fourth-order valence-electron chi connectivity index (χ4n) is 1.77. The Labute approximate surface area is 49.7 Å². The standard InChI is InChI=1S/C7H12O/c8-4-1-6-5-7(6)2-3-7/h6,8H,1-5H2/t6-/m1/s1. The maximum atomic E-state index is 8.54. The average Bonchev–Trinajstić information content (AvgIpc) is 2.57. The molecule has 0 aromatic rings. The van der Waals surface area contributed by atoms with E-state index in [1.165, 1.54) is 19.3 Å². The highest BCUT2D eigenvalue weighted by Gasteiger charge is 2.61. The Morgan fingerprint density at radius 1 is 1.50 bits per heavy atom. The third kappa shape index (κ3) is 0.510. The lowest BCUT2D eigenvalue weighted by Gasteiger charge is -1.88. The van der Waals surface area contributed by atoms with E-state index >= 15 is 0 Å². The molecule has 2 aliphatic rings. The molecule has 0 bridgehead atoms. The first-order valence-electron chi connectivity index (χ1n) is 3.48. The SMILES string of the molecule is OCC[C@@H]1CC12CC2. The minimum absolute atomic E-state index is 0.409. The van der Waals surface area contributed by atoms with Gasteiger partial charge in [-0.3, -0.25) is 0 Å². The summed E-state index contributed by atoms with van der Waals surface area (Å²) in [4.78, 5) is 0. The van der Waals surface area contributed by atoms with Gasteiger partial charge in [0.25, 0.3) is 0 Å². The van der Waals surface area contributed by atoms with Crippen LogP contribution in [0.4, 0.5) is 0 Å². The van der Waals surface area contributed by atoms with E-state index in [1.54, 1.807) is 0 Å². The molecule has 1 nitrogen and oxygen atoms in total. The summed E-state index contributed by atoms with van der Waals surface area (Å²) >= 11 is 0. The van der Waals surface area contributed by atoms with Gasteiger partial charge in [-0.2, -0.15) is 0 Å². The molecule has 1 heteroatoms. The van der Waals surface area contributed by atoms with Gasteiger partial charge in [-0.15, -0.1) is 0 Å². The van der Waals surface area contributed by atoms with Crippen molar-refractivity contribution < 1.29 is 5.11 Å². The predicted molar refractivity (Wildman–Crippen MR) is 31.5 cm³/mol. The fraction of sp³-hybridized carbons (Fsp3) is 1.00. The van der Waals surface area contributed by atoms with Crippen LogP contribution >= 0.6 is 0 Å². The summed E-state index contributed by atoms with van der Waals surface area (Å²) in [5.74, 6) is 0.924. The summed E-state index contributed by atoms with van der Waals surface area (Å²) in [5.41, 5.74) is 0.808. The third-order valence-corrected chi connectivity index (χ3v) is 2.73. The molecular formula is C7H12O. The number of rotatable bonds is 2. The van der Waals surface area contributed by atoms with E-state index in [0.717, 1.165) is 17.8 Å². The van der Waals surface area contributed by atoms with Crippen LogP contribution in [-0.2, 0) is 0 Å². The molecule has 0 radical (unpaired) electrons. The number of hydrogen-bond donors (Lipinski definition) is 1. The lowest BCUT2D eigenvalue weighted by molar-refractivity contribution is 0.276. The molecule has 1 atom stereocenters. The van der Waals surface area contributed by atoms with Crippen molar-refractivity contribution in [1.29, 1.82) is 0 Å². The van der Waals surface area contributed by atoms with E-state index in [0.29, 0.717) is 6.61 Å². The quantitative estimate of drug-likeness (QED) is 0.568. The highest BCUT2D eigenvalue weighted by atomic mass is 16.3. The van der Waals surface area contributed by atoms with Crippen molar-refractivity contribution in [3.05, 3.63) is 0 Å². The fourth-order valence-corrected chi connectivity index (χ4v) is 1.77. The Morgan fingerprint density at radius 3 is 2.62 bits per heavy atom. The Kier molecular flexibility index (Phi) is 0.762. The van der Waals surface area contributed by atoms with Crippen LogP contribution in [-0.4, -0.2) is 11.7 Å². The van der Waals surface area contributed by atoms with Crippen molar-refractivity contribution in [2.24, 2.45) is 11.3 Å². The van der Waals surface area contributed by atoms with E-state index < -0.39 is 0 Å². The van der Waals surface area contributed by atoms with Crippen LogP contribution in [0.1, 0.15) is 25.7 Å². The zero-order valence-corrected chi connectivity index (χ0v) is 5.06. The lowest BCUT2D eigenvalue weighted by Crippen LogP contribution is -1.85. The molecule has 2 saturated carbocycles. The lowest BCUT2D eigenvalue weighted by atomic mass is 10.2. The second-order valence-electron chi connectivity index (χ2n) is 3.28. The van der Waals surface area contributed by atoms with Gasteiger partial charge in [-0.25, -0.2) is 0 Å².